The number of thiazole rings is 1. The van der Waals surface area contributed by atoms with Crippen molar-refractivity contribution in [2.24, 2.45) is 16.5 Å². The van der Waals surface area contributed by atoms with Crippen molar-refractivity contribution in [3.8, 4) is 0 Å². The summed E-state index contributed by atoms with van der Waals surface area (Å²) in [6.07, 6.45) is 1.68. The Morgan fingerprint density at radius 2 is 2.22 bits per heavy atom. The predicted octanol–water partition coefficient (Wildman–Crippen LogP) is 2.29. The third-order valence-corrected chi connectivity index (χ3v) is 4.83. The molecule has 2 aromatic rings. The quantitative estimate of drug-likeness (QED) is 0.109. The van der Waals surface area contributed by atoms with Crippen LogP contribution in [-0.4, -0.2) is 39.7 Å². The van der Waals surface area contributed by atoms with E-state index in [1.165, 1.54) is 17.4 Å². The van der Waals surface area contributed by atoms with Crippen molar-refractivity contribution in [3.63, 3.8) is 0 Å². The average Bonchev–Trinajstić information content (AvgIpc) is 3.06. The minimum Gasteiger partial charge on any atom is -0.370 e. The Morgan fingerprint density at radius 1 is 1.41 bits per heavy atom. The third-order valence-electron chi connectivity index (χ3n) is 3.05. The molecular formula is C15H20N8O2S2. The Labute approximate surface area is 164 Å². The lowest BCUT2D eigenvalue weighted by atomic mass is 10.3. The van der Waals surface area contributed by atoms with Crippen LogP contribution in [0.3, 0.4) is 0 Å². The number of hydrogen-bond donors (Lipinski definition) is 4. The van der Waals surface area contributed by atoms with Crippen LogP contribution in [0.4, 0.5) is 22.5 Å². The fourth-order valence-corrected chi connectivity index (χ4v) is 3.51. The molecule has 27 heavy (non-hydrogen) atoms. The second-order valence-electron chi connectivity index (χ2n) is 5.13. The molecule has 6 N–H and O–H groups in total. The molecule has 0 radical (unpaired) electrons. The number of nitro groups is 1. The largest absolute Gasteiger partial charge is 0.370 e. The van der Waals surface area contributed by atoms with Crippen LogP contribution in [0.5, 0.6) is 0 Å². The second kappa shape index (κ2) is 10.3. The van der Waals surface area contributed by atoms with Crippen LogP contribution in [0.25, 0.3) is 0 Å². The molecule has 0 aliphatic rings. The van der Waals surface area contributed by atoms with Crippen molar-refractivity contribution in [2.75, 3.05) is 29.5 Å². The van der Waals surface area contributed by atoms with E-state index >= 15 is 0 Å². The summed E-state index contributed by atoms with van der Waals surface area (Å²) in [6, 6.07) is 2.99. The summed E-state index contributed by atoms with van der Waals surface area (Å²) in [5.41, 5.74) is 11.4. The highest BCUT2D eigenvalue weighted by Crippen LogP contribution is 2.25. The first-order chi connectivity index (χ1) is 13.0. The third kappa shape index (κ3) is 6.75. The van der Waals surface area contributed by atoms with Gasteiger partial charge >= 0.3 is 5.69 Å². The maximum Gasteiger partial charge on any atom is 0.311 e. The number of thioether (sulfide) groups is 1. The van der Waals surface area contributed by atoms with E-state index in [-0.39, 0.29) is 17.5 Å². The van der Waals surface area contributed by atoms with Gasteiger partial charge in [0.25, 0.3) is 0 Å². The number of anilines is 2. The van der Waals surface area contributed by atoms with Gasteiger partial charge in [0.2, 0.25) is 10.9 Å². The molecule has 0 spiro atoms. The van der Waals surface area contributed by atoms with Gasteiger partial charge in [0.15, 0.2) is 5.96 Å². The van der Waals surface area contributed by atoms with E-state index in [9.17, 15) is 10.1 Å². The first kappa shape index (κ1) is 20.5. The van der Waals surface area contributed by atoms with Gasteiger partial charge in [-0.05, 0) is 6.07 Å². The predicted molar refractivity (Wildman–Crippen MR) is 112 cm³/mol. The van der Waals surface area contributed by atoms with Crippen LogP contribution in [-0.2, 0) is 5.75 Å². The molecule has 0 unspecified atom stereocenters. The zero-order chi connectivity index (χ0) is 19.6. The maximum atomic E-state index is 11.1. The molecular weight excluding hydrogens is 388 g/mol. The number of nitrogens with one attached hydrogen (secondary N) is 2. The Morgan fingerprint density at radius 3 is 2.93 bits per heavy atom. The number of hydrogen-bond acceptors (Lipinski definition) is 9. The number of rotatable bonds is 11. The maximum absolute atomic E-state index is 11.1. The van der Waals surface area contributed by atoms with Gasteiger partial charge in [-0.2, -0.15) is 16.8 Å². The number of nitrogens with zero attached hydrogens (tertiary/aromatic N) is 4. The monoisotopic (exact) mass is 408 g/mol. The van der Waals surface area contributed by atoms with Gasteiger partial charge in [-0.15, -0.1) is 17.9 Å². The smallest absolute Gasteiger partial charge is 0.311 e. The summed E-state index contributed by atoms with van der Waals surface area (Å²) in [7, 11) is 0. The van der Waals surface area contributed by atoms with Crippen LogP contribution < -0.4 is 22.1 Å². The van der Waals surface area contributed by atoms with Gasteiger partial charge in [0.05, 0.1) is 10.6 Å². The summed E-state index contributed by atoms with van der Waals surface area (Å²) in [5.74, 6) is 2.17. The van der Waals surface area contributed by atoms with Gasteiger partial charge < -0.3 is 22.1 Å². The SMILES string of the molecule is C=CCNc1ccc([N+](=O)[O-])c(NCCSCc2csc(N=C(N)N)n2)n1. The highest BCUT2D eigenvalue weighted by atomic mass is 32.2. The van der Waals surface area contributed by atoms with Crippen LogP contribution >= 0.6 is 23.1 Å². The zero-order valence-corrected chi connectivity index (χ0v) is 16.1. The van der Waals surface area contributed by atoms with Crippen molar-refractivity contribution in [1.82, 2.24) is 9.97 Å². The van der Waals surface area contributed by atoms with Crippen LogP contribution in [0.15, 0.2) is 35.2 Å². The molecule has 0 saturated heterocycles. The molecule has 0 bridgehead atoms. The van der Waals surface area contributed by atoms with Gasteiger partial charge in [-0.3, -0.25) is 10.1 Å². The molecule has 0 fully saturated rings. The summed E-state index contributed by atoms with van der Waals surface area (Å²) in [5, 5.41) is 19.6. The zero-order valence-electron chi connectivity index (χ0n) is 14.4. The van der Waals surface area contributed by atoms with Gasteiger partial charge in [-0.25, -0.2) is 9.97 Å². The Hall–Kier alpha value is -2.86. The highest BCUT2D eigenvalue weighted by molar-refractivity contribution is 7.98. The normalized spacial score (nSPS) is 10.2. The van der Waals surface area contributed by atoms with E-state index in [4.69, 9.17) is 11.5 Å². The van der Waals surface area contributed by atoms with E-state index in [1.54, 1.807) is 23.9 Å². The lowest BCUT2D eigenvalue weighted by molar-refractivity contribution is -0.384. The molecule has 0 atom stereocenters. The van der Waals surface area contributed by atoms with E-state index in [1.807, 2.05) is 5.38 Å². The van der Waals surface area contributed by atoms with Crippen molar-refractivity contribution >= 4 is 51.5 Å². The summed E-state index contributed by atoms with van der Waals surface area (Å²) >= 11 is 3.00. The van der Waals surface area contributed by atoms with E-state index in [0.29, 0.717) is 29.8 Å². The molecule has 12 heteroatoms. The molecule has 10 nitrogen and oxygen atoms in total. The molecule has 2 rings (SSSR count). The van der Waals surface area contributed by atoms with Crippen molar-refractivity contribution < 1.29 is 4.92 Å². The van der Waals surface area contributed by atoms with E-state index < -0.39 is 4.92 Å². The van der Waals surface area contributed by atoms with Crippen molar-refractivity contribution in [1.29, 1.82) is 0 Å². The number of guanidine groups is 1. The number of aromatic nitrogens is 2. The average molecular weight is 409 g/mol. The molecule has 0 aromatic carbocycles. The van der Waals surface area contributed by atoms with Crippen molar-refractivity contribution in [2.45, 2.75) is 5.75 Å². The second-order valence-corrected chi connectivity index (χ2v) is 7.07. The Kier molecular flexibility index (Phi) is 7.82. The summed E-state index contributed by atoms with van der Waals surface area (Å²) in [4.78, 5) is 23.1. The number of nitrogens with two attached hydrogens (primary N) is 2. The van der Waals surface area contributed by atoms with Crippen LogP contribution in [0.2, 0.25) is 0 Å². The fourth-order valence-electron chi connectivity index (χ4n) is 1.95. The standard InChI is InChI=1S/C15H20N8O2S2/c1-2-5-18-12-4-3-11(23(24)25)13(21-12)19-6-7-26-8-10-9-27-15(20-10)22-14(16)17/h2-4,9H,1,5-8H2,(H2,18,19,21)(H4,16,17,20,22). The minimum absolute atomic E-state index is 0.0216. The molecule has 0 aliphatic heterocycles. The van der Waals surface area contributed by atoms with E-state index in [2.05, 4.69) is 32.2 Å². The van der Waals surface area contributed by atoms with E-state index in [0.717, 1.165) is 11.4 Å². The Bertz CT molecular complexity index is 820. The van der Waals surface area contributed by atoms with Gasteiger partial charge in [0.1, 0.15) is 5.82 Å². The molecule has 0 aliphatic carbocycles. The lowest BCUT2D eigenvalue weighted by Crippen LogP contribution is -2.21. The summed E-state index contributed by atoms with van der Waals surface area (Å²) in [6.45, 7) is 4.66. The first-order valence-electron chi connectivity index (χ1n) is 7.85. The molecule has 2 aromatic heterocycles. The molecule has 144 valence electrons. The molecule has 0 amide bonds. The summed E-state index contributed by atoms with van der Waals surface area (Å²) < 4.78 is 0. The topological polar surface area (TPSA) is 157 Å². The highest BCUT2D eigenvalue weighted by Gasteiger charge is 2.15. The molecule has 0 saturated carbocycles. The van der Waals surface area contributed by atoms with Crippen molar-refractivity contribution in [3.05, 3.63) is 46.0 Å². The van der Waals surface area contributed by atoms with Gasteiger partial charge in [-0.1, -0.05) is 6.08 Å². The minimum atomic E-state index is -0.458. The fraction of sp³-hybridized carbons (Fsp3) is 0.267. The molecule has 2 heterocycles. The van der Waals surface area contributed by atoms with Gasteiger partial charge in [0, 0.05) is 36.0 Å². The van der Waals surface area contributed by atoms with Crippen LogP contribution in [0.1, 0.15) is 5.69 Å². The first-order valence-corrected chi connectivity index (χ1v) is 9.89. The Balaban J connectivity index is 1.85. The number of pyridine rings is 1. The van der Waals surface area contributed by atoms with Crippen LogP contribution in [0, 0.1) is 10.1 Å². The lowest BCUT2D eigenvalue weighted by Gasteiger charge is -2.08. The number of aliphatic imine (C=N–C) groups is 1.